The molecule has 0 spiro atoms. The van der Waals surface area contributed by atoms with Crippen LogP contribution in [-0.2, 0) is 11.3 Å². The third-order valence-electron chi connectivity index (χ3n) is 4.73. The number of amides is 1. The minimum atomic E-state index is -0.176. The number of carbonyl (C=O) groups is 1. The van der Waals surface area contributed by atoms with Gasteiger partial charge in [-0.05, 0) is 55.8 Å². The topological polar surface area (TPSA) is 80.4 Å². The molecule has 3 heterocycles. The molecule has 1 aliphatic rings. The minimum absolute atomic E-state index is 0. The molecule has 7 nitrogen and oxygen atoms in total. The van der Waals surface area contributed by atoms with E-state index in [0.29, 0.717) is 12.2 Å². The van der Waals surface area contributed by atoms with Crippen LogP contribution in [0.2, 0.25) is 0 Å². The number of aromatic nitrogens is 3. The Bertz CT molecular complexity index is 991. The maximum atomic E-state index is 12.4. The molecule has 1 aromatic carbocycles. The molecule has 0 atom stereocenters. The molecule has 142 valence electrons. The molecule has 1 saturated heterocycles. The second-order valence-electron chi connectivity index (χ2n) is 6.58. The van der Waals surface area contributed by atoms with Gasteiger partial charge in [-0.15, -0.1) is 17.5 Å². The lowest BCUT2D eigenvalue weighted by Crippen LogP contribution is -2.34. The van der Waals surface area contributed by atoms with E-state index in [1.165, 1.54) is 9.08 Å². The quantitative estimate of drug-likeness (QED) is 0.716. The molecule has 0 aliphatic carbocycles. The fourth-order valence-corrected chi connectivity index (χ4v) is 3.32. The normalized spacial score (nSPS) is 14.7. The van der Waals surface area contributed by atoms with Crippen molar-refractivity contribution in [2.45, 2.75) is 19.4 Å². The molecule has 3 aromatic rings. The third kappa shape index (κ3) is 4.20. The van der Waals surface area contributed by atoms with E-state index in [0.717, 1.165) is 37.2 Å². The third-order valence-corrected chi connectivity index (χ3v) is 4.73. The van der Waals surface area contributed by atoms with Crippen molar-refractivity contribution in [2.24, 2.45) is 5.92 Å². The predicted octanol–water partition coefficient (Wildman–Crippen LogP) is 1.90. The van der Waals surface area contributed by atoms with Gasteiger partial charge in [0.25, 0.3) is 0 Å². The van der Waals surface area contributed by atoms with Gasteiger partial charge in [-0.1, -0.05) is 18.2 Å². The highest BCUT2D eigenvalue weighted by molar-refractivity contribution is 5.92. The van der Waals surface area contributed by atoms with Gasteiger partial charge in [0.05, 0.1) is 6.54 Å². The fraction of sp³-hybridized carbons (Fsp3) is 0.316. The molecule has 0 radical (unpaired) electrons. The number of pyridine rings is 1. The van der Waals surface area contributed by atoms with Crippen molar-refractivity contribution >= 4 is 29.6 Å². The second kappa shape index (κ2) is 8.37. The summed E-state index contributed by atoms with van der Waals surface area (Å²) in [5, 5.41) is 10.6. The van der Waals surface area contributed by atoms with E-state index in [1.807, 2.05) is 30.3 Å². The zero-order valence-corrected chi connectivity index (χ0v) is 15.6. The van der Waals surface area contributed by atoms with Crippen LogP contribution < -0.4 is 16.3 Å². The van der Waals surface area contributed by atoms with E-state index in [2.05, 4.69) is 15.7 Å². The monoisotopic (exact) mass is 387 g/mol. The van der Waals surface area contributed by atoms with Crippen molar-refractivity contribution in [3.63, 3.8) is 0 Å². The molecule has 0 saturated carbocycles. The largest absolute Gasteiger partial charge is 0.350 e. The lowest BCUT2D eigenvalue weighted by Gasteiger charge is -2.21. The molecule has 1 amide bonds. The summed E-state index contributed by atoms with van der Waals surface area (Å²) in [5.41, 5.74) is 2.11. The summed E-state index contributed by atoms with van der Waals surface area (Å²) in [6.07, 6.45) is 3.43. The van der Waals surface area contributed by atoms with Crippen LogP contribution in [0, 0.1) is 5.92 Å². The summed E-state index contributed by atoms with van der Waals surface area (Å²) >= 11 is 0. The van der Waals surface area contributed by atoms with E-state index in [4.69, 9.17) is 0 Å². The molecule has 2 aromatic heterocycles. The summed E-state index contributed by atoms with van der Waals surface area (Å²) in [6.45, 7) is 2.13. The number of hydrogen-bond donors (Lipinski definition) is 2. The molecule has 8 heteroatoms. The molecular weight excluding hydrogens is 366 g/mol. The number of nitrogens with zero attached hydrogens (tertiary/aromatic N) is 3. The number of rotatable bonds is 4. The van der Waals surface area contributed by atoms with Gasteiger partial charge in [-0.25, -0.2) is 9.48 Å². The number of fused-ring (bicyclic) bond motifs is 1. The molecular formula is C19H22ClN5O2. The van der Waals surface area contributed by atoms with Crippen LogP contribution in [0.15, 0.2) is 53.5 Å². The highest BCUT2D eigenvalue weighted by atomic mass is 35.5. The smallest absolute Gasteiger partial charge is 0.326 e. The van der Waals surface area contributed by atoms with Crippen molar-refractivity contribution in [1.82, 2.24) is 19.5 Å². The minimum Gasteiger partial charge on any atom is -0.326 e. The summed E-state index contributed by atoms with van der Waals surface area (Å²) < 4.78 is 2.95. The second-order valence-corrected chi connectivity index (χ2v) is 6.58. The predicted molar refractivity (Wildman–Crippen MR) is 106 cm³/mol. The fourth-order valence-electron chi connectivity index (χ4n) is 3.32. The number of piperidine rings is 1. The van der Waals surface area contributed by atoms with Crippen molar-refractivity contribution in [3.8, 4) is 0 Å². The lowest BCUT2D eigenvalue weighted by atomic mass is 9.97. The van der Waals surface area contributed by atoms with E-state index >= 15 is 0 Å². The Hall–Kier alpha value is -2.64. The Kier molecular flexibility index (Phi) is 5.93. The molecule has 27 heavy (non-hydrogen) atoms. The Morgan fingerprint density at radius 2 is 2.00 bits per heavy atom. The van der Waals surface area contributed by atoms with E-state index in [9.17, 15) is 9.59 Å². The van der Waals surface area contributed by atoms with E-state index in [-0.39, 0.29) is 29.9 Å². The molecule has 4 rings (SSSR count). The highest BCUT2D eigenvalue weighted by Crippen LogP contribution is 2.17. The van der Waals surface area contributed by atoms with Crippen LogP contribution >= 0.6 is 12.4 Å². The Morgan fingerprint density at radius 3 is 2.78 bits per heavy atom. The van der Waals surface area contributed by atoms with Crippen molar-refractivity contribution in [3.05, 3.63) is 64.7 Å². The SMILES string of the molecule is Cl.O=C(Nc1cccc(Cn2nc3ccccn3c2=O)c1)C1CCNCC1. The van der Waals surface area contributed by atoms with Crippen LogP contribution in [0.1, 0.15) is 18.4 Å². The van der Waals surface area contributed by atoms with Gasteiger partial charge in [-0.2, -0.15) is 0 Å². The number of nitrogens with one attached hydrogen (secondary N) is 2. The zero-order valence-electron chi connectivity index (χ0n) is 14.8. The number of halogens is 1. The van der Waals surface area contributed by atoms with Crippen molar-refractivity contribution in [1.29, 1.82) is 0 Å². The van der Waals surface area contributed by atoms with Crippen molar-refractivity contribution < 1.29 is 4.79 Å². The van der Waals surface area contributed by atoms with Crippen LogP contribution in [0.3, 0.4) is 0 Å². The van der Waals surface area contributed by atoms with Crippen LogP contribution in [0.25, 0.3) is 5.65 Å². The Morgan fingerprint density at radius 1 is 1.19 bits per heavy atom. The molecule has 0 bridgehead atoms. The molecule has 1 fully saturated rings. The van der Waals surface area contributed by atoms with Crippen LogP contribution in [0.4, 0.5) is 5.69 Å². The average Bonchev–Trinajstić information content (AvgIpc) is 2.99. The van der Waals surface area contributed by atoms with Crippen LogP contribution in [-0.4, -0.2) is 33.2 Å². The Balaban J connectivity index is 0.00000210. The van der Waals surface area contributed by atoms with Gasteiger partial charge in [-0.3, -0.25) is 9.20 Å². The first-order valence-corrected chi connectivity index (χ1v) is 8.85. The Labute approximate surface area is 162 Å². The summed E-state index contributed by atoms with van der Waals surface area (Å²) in [5.74, 6) is 0.120. The number of anilines is 1. The van der Waals surface area contributed by atoms with Gasteiger partial charge < -0.3 is 10.6 Å². The van der Waals surface area contributed by atoms with E-state index < -0.39 is 0 Å². The van der Waals surface area contributed by atoms with Gasteiger partial charge in [0.15, 0.2) is 5.65 Å². The van der Waals surface area contributed by atoms with Gasteiger partial charge in [0, 0.05) is 17.8 Å². The number of carbonyl (C=O) groups excluding carboxylic acids is 1. The number of hydrogen-bond acceptors (Lipinski definition) is 4. The maximum absolute atomic E-state index is 12.4. The highest BCUT2D eigenvalue weighted by Gasteiger charge is 2.20. The summed E-state index contributed by atoms with van der Waals surface area (Å²) in [7, 11) is 0. The first kappa shape index (κ1) is 19.1. The molecule has 2 N–H and O–H groups in total. The summed E-state index contributed by atoms with van der Waals surface area (Å²) in [6, 6.07) is 13.0. The first-order valence-electron chi connectivity index (χ1n) is 8.85. The van der Waals surface area contributed by atoms with Gasteiger partial charge in [0.1, 0.15) is 0 Å². The zero-order chi connectivity index (χ0) is 17.9. The first-order chi connectivity index (χ1) is 12.7. The summed E-state index contributed by atoms with van der Waals surface area (Å²) in [4.78, 5) is 24.8. The lowest BCUT2D eigenvalue weighted by molar-refractivity contribution is -0.120. The standard InChI is InChI=1S/C19H21N5O2.ClH/c25-18(15-7-9-20-10-8-15)21-16-5-3-4-14(12-16)13-24-19(26)23-11-2-1-6-17(23)22-24;/h1-6,11-12,15,20H,7-10,13H2,(H,21,25);1H. The van der Waals surface area contributed by atoms with Gasteiger partial charge >= 0.3 is 5.69 Å². The number of benzene rings is 1. The molecule has 0 unspecified atom stereocenters. The van der Waals surface area contributed by atoms with E-state index in [1.54, 1.807) is 18.3 Å². The molecule has 1 aliphatic heterocycles. The van der Waals surface area contributed by atoms with Crippen molar-refractivity contribution in [2.75, 3.05) is 18.4 Å². The average molecular weight is 388 g/mol. The van der Waals surface area contributed by atoms with Crippen LogP contribution in [0.5, 0.6) is 0 Å². The maximum Gasteiger partial charge on any atom is 0.350 e. The van der Waals surface area contributed by atoms with Gasteiger partial charge in [0.2, 0.25) is 5.91 Å².